The summed E-state index contributed by atoms with van der Waals surface area (Å²) in [6, 6.07) is 0. The maximum atomic E-state index is 8.55. The van der Waals surface area contributed by atoms with Gasteiger partial charge in [0.25, 0.3) is 0 Å². The van der Waals surface area contributed by atoms with Crippen LogP contribution in [0.15, 0.2) is 0 Å². The van der Waals surface area contributed by atoms with E-state index in [1.165, 1.54) is 0 Å². The summed E-state index contributed by atoms with van der Waals surface area (Å²) >= 11 is 0. The molecule has 0 atom stereocenters. The first-order chi connectivity index (χ1) is 2.00. The molecule has 0 unspecified atom stereocenters. The normalized spacial score (nSPS) is 8.43. The average Bonchev–Trinajstić information content (AvgIpc) is 0.722. The number of rotatable bonds is 0. The van der Waals surface area contributed by atoms with Crippen molar-refractivity contribution in [2.75, 3.05) is 0 Å². The molecule has 0 saturated heterocycles. The molecule has 4 nitrogen and oxygen atoms in total. The van der Waals surface area contributed by atoms with Crippen LogP contribution in [0, 0.1) is 0 Å². The molecule has 0 aromatic carbocycles. The zero-order chi connectivity index (χ0) is 4.50. The van der Waals surface area contributed by atoms with Gasteiger partial charge in [0.1, 0.15) is 0 Å². The van der Waals surface area contributed by atoms with Crippen molar-refractivity contribution in [3.63, 3.8) is 0 Å². The Labute approximate surface area is 83.0 Å². The molecule has 7 heteroatoms. The predicted molar refractivity (Wildman–Crippen MR) is 13.4 cm³/mol. The third-order valence-electron chi connectivity index (χ3n) is 0. The molecular formula is NaO4PPb. The first kappa shape index (κ1) is 16.0. The smallest absolute Gasteiger partial charge is 0.822 e. The quantitative estimate of drug-likeness (QED) is 0.328. The van der Waals surface area contributed by atoms with Crippen LogP contribution in [0.2, 0.25) is 0 Å². The molecule has 0 amide bonds. The van der Waals surface area contributed by atoms with Gasteiger partial charge < -0.3 is 19.2 Å². The Morgan fingerprint density at radius 2 is 1.14 bits per heavy atom. The van der Waals surface area contributed by atoms with Gasteiger partial charge in [-0.2, -0.15) is 7.82 Å². The molecule has 0 aromatic heterocycles. The van der Waals surface area contributed by atoms with Crippen LogP contribution < -0.4 is 44.2 Å². The second-order valence-corrected chi connectivity index (χ2v) is 1.34. The van der Waals surface area contributed by atoms with Crippen molar-refractivity contribution in [3.8, 4) is 0 Å². The van der Waals surface area contributed by atoms with Gasteiger partial charge in [0.15, 0.2) is 0 Å². The fourth-order valence-corrected chi connectivity index (χ4v) is 0. The summed E-state index contributed by atoms with van der Waals surface area (Å²) in [6.45, 7) is 0. The van der Waals surface area contributed by atoms with E-state index in [1.807, 2.05) is 0 Å². The topological polar surface area (TPSA) is 86.2 Å². The van der Waals surface area contributed by atoms with Crippen molar-refractivity contribution in [2.24, 2.45) is 0 Å². The Kier molecular flexibility index (Phi) is 14.1. The first-order valence-corrected chi connectivity index (χ1v) is 2.19. The van der Waals surface area contributed by atoms with E-state index in [1.54, 1.807) is 0 Å². The standard InChI is InChI=1S/Na.H3O4P.Pb/c;1-5(2,3)4;/h;(H3,1,2,3,4);/q+1;;+2/p-3. The minimum atomic E-state index is -5.39. The molecule has 0 aliphatic heterocycles. The molecule has 0 rings (SSSR count). The summed E-state index contributed by atoms with van der Waals surface area (Å²) in [4.78, 5) is 25.6. The SMILES string of the molecule is O=P([O-])([O-])[O-].[Na+].[Pb+2]. The van der Waals surface area contributed by atoms with Crippen LogP contribution in [0.1, 0.15) is 0 Å². The van der Waals surface area contributed by atoms with E-state index in [4.69, 9.17) is 19.2 Å². The van der Waals surface area contributed by atoms with Gasteiger partial charge >= 0.3 is 56.9 Å². The Morgan fingerprint density at radius 1 is 1.14 bits per heavy atom. The Bertz CT molecular complexity index is 57.8. The van der Waals surface area contributed by atoms with Crippen LogP contribution >= 0.6 is 7.82 Å². The average molecular weight is 325 g/mol. The van der Waals surface area contributed by atoms with Gasteiger partial charge in [-0.25, -0.2) is 0 Å². The van der Waals surface area contributed by atoms with E-state index in [0.29, 0.717) is 0 Å². The van der Waals surface area contributed by atoms with Gasteiger partial charge in [-0.1, -0.05) is 0 Å². The third kappa shape index (κ3) is 70.8. The summed E-state index contributed by atoms with van der Waals surface area (Å²) in [6.07, 6.45) is 0. The molecule has 0 saturated carbocycles. The van der Waals surface area contributed by atoms with Gasteiger partial charge in [0.05, 0.1) is 0 Å². The summed E-state index contributed by atoms with van der Waals surface area (Å²) < 4.78 is 8.55. The molecule has 0 aromatic rings. The molecule has 0 spiro atoms. The number of phosphoric acid groups is 1. The molecule has 7 heavy (non-hydrogen) atoms. The van der Waals surface area contributed by atoms with Crippen molar-refractivity contribution in [3.05, 3.63) is 0 Å². The third-order valence-corrected chi connectivity index (χ3v) is 0. The molecule has 0 aliphatic rings. The molecule has 0 heterocycles. The van der Waals surface area contributed by atoms with Crippen LogP contribution in [-0.2, 0) is 4.57 Å². The maximum absolute atomic E-state index is 8.55. The van der Waals surface area contributed by atoms with Crippen LogP contribution in [0.3, 0.4) is 0 Å². The Morgan fingerprint density at radius 3 is 1.14 bits per heavy atom. The van der Waals surface area contributed by atoms with E-state index in [0.717, 1.165) is 0 Å². The van der Waals surface area contributed by atoms with Gasteiger partial charge in [-0.3, -0.25) is 0 Å². The minimum Gasteiger partial charge on any atom is -0.822 e. The zero-order valence-corrected chi connectivity index (χ0v) is 10.4. The summed E-state index contributed by atoms with van der Waals surface area (Å²) in [7, 11) is -5.39. The van der Waals surface area contributed by atoms with E-state index in [9.17, 15) is 0 Å². The summed E-state index contributed by atoms with van der Waals surface area (Å²) in [5.41, 5.74) is 0. The van der Waals surface area contributed by atoms with Gasteiger partial charge in [0.2, 0.25) is 0 Å². The van der Waals surface area contributed by atoms with E-state index in [-0.39, 0.29) is 56.9 Å². The fourth-order valence-electron chi connectivity index (χ4n) is 0. The first-order valence-electron chi connectivity index (χ1n) is 0.730. The van der Waals surface area contributed by atoms with Crippen LogP contribution in [0.5, 0.6) is 0 Å². The van der Waals surface area contributed by atoms with Crippen molar-refractivity contribution in [1.29, 1.82) is 0 Å². The second-order valence-electron chi connectivity index (χ2n) is 0.447. The molecule has 0 N–H and O–H groups in total. The zero-order valence-electron chi connectivity index (χ0n) is 3.58. The van der Waals surface area contributed by atoms with Gasteiger partial charge in [-0.05, 0) is 0 Å². The van der Waals surface area contributed by atoms with Crippen LogP contribution in [-0.4, -0.2) is 27.3 Å². The number of hydrogen-bond donors (Lipinski definition) is 0. The largest absolute Gasteiger partial charge is 2.00 e. The van der Waals surface area contributed by atoms with Crippen LogP contribution in [0.25, 0.3) is 0 Å². The molecule has 0 fully saturated rings. The Balaban J connectivity index is -0.0000000800. The molecule has 0 bridgehead atoms. The van der Waals surface area contributed by atoms with Crippen molar-refractivity contribution < 1.29 is 48.8 Å². The second kappa shape index (κ2) is 6.16. The van der Waals surface area contributed by atoms with E-state index in [2.05, 4.69) is 0 Å². The van der Waals surface area contributed by atoms with Crippen molar-refractivity contribution >= 4 is 35.1 Å². The summed E-state index contributed by atoms with van der Waals surface area (Å²) in [5.74, 6) is 0. The predicted octanol–water partition coefficient (Wildman–Crippen LogP) is -6.20. The minimum absolute atomic E-state index is 0. The van der Waals surface area contributed by atoms with Gasteiger partial charge in [0, 0.05) is 0 Å². The fraction of sp³-hybridized carbons (Fsp3) is 0. The molecule has 0 aliphatic carbocycles. The van der Waals surface area contributed by atoms with E-state index >= 15 is 0 Å². The molecular weight excluding hydrogens is 325 g/mol. The number of hydrogen-bond acceptors (Lipinski definition) is 4. The van der Waals surface area contributed by atoms with Crippen molar-refractivity contribution in [1.82, 2.24) is 0 Å². The van der Waals surface area contributed by atoms with E-state index < -0.39 is 7.82 Å². The molecule has 2 radical (unpaired) electrons. The van der Waals surface area contributed by atoms with Crippen LogP contribution in [0.4, 0.5) is 0 Å². The monoisotopic (exact) mass is 326 g/mol. The summed E-state index contributed by atoms with van der Waals surface area (Å²) in [5, 5.41) is 0. The van der Waals surface area contributed by atoms with Gasteiger partial charge in [-0.15, -0.1) is 0 Å². The Hall–Kier alpha value is 2.03. The molecule has 34 valence electrons. The maximum Gasteiger partial charge on any atom is 2.00 e. The van der Waals surface area contributed by atoms with Crippen molar-refractivity contribution in [2.45, 2.75) is 0 Å².